The molecule has 0 unspecified atom stereocenters. The molecule has 0 saturated carbocycles. The van der Waals surface area contributed by atoms with Crippen LogP contribution in [0.3, 0.4) is 0 Å². The number of hydrogen-bond donors (Lipinski definition) is 0. The van der Waals surface area contributed by atoms with Gasteiger partial charge in [-0.1, -0.05) is 12.1 Å². The van der Waals surface area contributed by atoms with Crippen molar-refractivity contribution in [2.24, 2.45) is 0 Å². The smallest absolute Gasteiger partial charge is 0.281 e. The summed E-state index contributed by atoms with van der Waals surface area (Å²) in [7, 11) is 1.39. The fourth-order valence-corrected chi connectivity index (χ4v) is 1.88. The normalized spacial score (nSPS) is 10.1. The second-order valence-electron chi connectivity index (χ2n) is 3.91. The third kappa shape index (κ3) is 2.41. The van der Waals surface area contributed by atoms with Crippen LogP contribution in [0, 0.1) is 20.2 Å². The number of nitro benzene ring substituents is 2. The van der Waals surface area contributed by atoms with E-state index in [-0.39, 0.29) is 22.5 Å². The molecule has 0 aromatic heterocycles. The van der Waals surface area contributed by atoms with E-state index in [0.717, 1.165) is 0 Å². The highest BCUT2D eigenvalue weighted by Crippen LogP contribution is 2.37. The molecule has 0 aliphatic carbocycles. The Morgan fingerprint density at radius 1 is 0.900 bits per heavy atom. The number of rotatable bonds is 4. The Labute approximate surface area is 113 Å². The predicted octanol–water partition coefficient (Wildman–Crippen LogP) is 3.18. The lowest BCUT2D eigenvalue weighted by atomic mass is 10.0. The van der Waals surface area contributed by atoms with Crippen molar-refractivity contribution >= 4 is 11.4 Å². The summed E-state index contributed by atoms with van der Waals surface area (Å²) in [5.41, 5.74) is -0.0330. The average Bonchev–Trinajstić information content (AvgIpc) is 2.46. The van der Waals surface area contributed by atoms with Crippen LogP contribution in [0.15, 0.2) is 42.5 Å². The molecule has 2 aromatic carbocycles. The topological polar surface area (TPSA) is 95.5 Å². The molecule has 0 heterocycles. The molecular weight excluding hydrogens is 264 g/mol. The Hall–Kier alpha value is -2.96. The molecule has 0 saturated heterocycles. The van der Waals surface area contributed by atoms with Gasteiger partial charge in [-0.2, -0.15) is 0 Å². The Morgan fingerprint density at radius 2 is 1.50 bits per heavy atom. The minimum Gasteiger partial charge on any atom is -0.497 e. The zero-order valence-corrected chi connectivity index (χ0v) is 10.5. The lowest BCUT2D eigenvalue weighted by Gasteiger charge is -2.06. The van der Waals surface area contributed by atoms with Crippen LogP contribution >= 0.6 is 0 Å². The van der Waals surface area contributed by atoms with Gasteiger partial charge < -0.3 is 4.74 Å². The monoisotopic (exact) mass is 274 g/mol. The van der Waals surface area contributed by atoms with E-state index < -0.39 is 9.85 Å². The average molecular weight is 274 g/mol. The Bertz CT molecular complexity index is 684. The first kappa shape index (κ1) is 13.5. The lowest BCUT2D eigenvalue weighted by molar-refractivity contribution is -0.386. The summed E-state index contributed by atoms with van der Waals surface area (Å²) in [6, 6.07) is 10.1. The first-order valence-corrected chi connectivity index (χ1v) is 5.61. The van der Waals surface area contributed by atoms with E-state index in [1.54, 1.807) is 6.07 Å². The highest BCUT2D eigenvalue weighted by atomic mass is 16.6. The number of hydrogen-bond acceptors (Lipinski definition) is 5. The number of nitrogens with zero attached hydrogens (tertiary/aromatic N) is 2. The molecule has 0 aliphatic rings. The number of methoxy groups -OCH3 is 1. The second kappa shape index (κ2) is 5.35. The van der Waals surface area contributed by atoms with Gasteiger partial charge in [0, 0.05) is 6.07 Å². The van der Waals surface area contributed by atoms with Gasteiger partial charge in [0.2, 0.25) is 0 Å². The molecule has 0 amide bonds. The van der Waals surface area contributed by atoms with Crippen LogP contribution in [0.5, 0.6) is 5.75 Å². The Morgan fingerprint density at radius 3 is 2.10 bits per heavy atom. The number of ether oxygens (including phenoxy) is 1. The van der Waals surface area contributed by atoms with Crippen molar-refractivity contribution in [3.63, 3.8) is 0 Å². The van der Waals surface area contributed by atoms with Crippen LogP contribution < -0.4 is 4.74 Å². The Kier molecular flexibility index (Phi) is 3.60. The third-order valence-electron chi connectivity index (χ3n) is 2.79. The first-order valence-electron chi connectivity index (χ1n) is 5.61. The second-order valence-corrected chi connectivity index (χ2v) is 3.91. The fourth-order valence-electron chi connectivity index (χ4n) is 1.88. The zero-order chi connectivity index (χ0) is 14.7. The maximum atomic E-state index is 11.1. The third-order valence-corrected chi connectivity index (χ3v) is 2.79. The number of nitro groups is 2. The van der Waals surface area contributed by atoms with E-state index in [0.29, 0.717) is 5.75 Å². The van der Waals surface area contributed by atoms with E-state index in [9.17, 15) is 20.2 Å². The molecule has 2 aromatic rings. The van der Waals surface area contributed by atoms with Crippen LogP contribution in [0.4, 0.5) is 11.4 Å². The number of para-hydroxylation sites is 1. The molecule has 7 nitrogen and oxygen atoms in total. The minimum atomic E-state index is -0.589. The molecular formula is C13H10N2O5. The highest BCUT2D eigenvalue weighted by Gasteiger charge is 2.23. The van der Waals surface area contributed by atoms with Gasteiger partial charge in [-0.3, -0.25) is 20.2 Å². The molecule has 0 spiro atoms. The standard InChI is InChI=1S/C13H10N2O5/c1-20-9-6-7-11(13(8-9)15(18)19)10-4-2-3-5-12(10)14(16)17/h2-8H,1H3. The summed E-state index contributed by atoms with van der Waals surface area (Å²) in [6.07, 6.45) is 0. The van der Waals surface area contributed by atoms with Gasteiger partial charge in [-0.15, -0.1) is 0 Å². The first-order chi connectivity index (χ1) is 9.54. The van der Waals surface area contributed by atoms with Gasteiger partial charge in [-0.25, -0.2) is 0 Å². The predicted molar refractivity (Wildman–Crippen MR) is 71.7 cm³/mol. The molecule has 20 heavy (non-hydrogen) atoms. The van der Waals surface area contributed by atoms with Crippen molar-refractivity contribution < 1.29 is 14.6 Å². The molecule has 0 radical (unpaired) electrons. The summed E-state index contributed by atoms with van der Waals surface area (Å²) in [5, 5.41) is 22.1. The quantitative estimate of drug-likeness (QED) is 0.630. The van der Waals surface area contributed by atoms with E-state index >= 15 is 0 Å². The van der Waals surface area contributed by atoms with Crippen LogP contribution in [-0.4, -0.2) is 17.0 Å². The summed E-state index contributed by atoms with van der Waals surface area (Å²) >= 11 is 0. The molecule has 0 bridgehead atoms. The van der Waals surface area contributed by atoms with Crippen molar-refractivity contribution in [2.75, 3.05) is 7.11 Å². The molecule has 7 heteroatoms. The van der Waals surface area contributed by atoms with Crippen molar-refractivity contribution in [3.05, 3.63) is 62.7 Å². The van der Waals surface area contributed by atoms with Gasteiger partial charge in [0.05, 0.1) is 34.1 Å². The van der Waals surface area contributed by atoms with Crippen molar-refractivity contribution in [2.45, 2.75) is 0 Å². The van der Waals surface area contributed by atoms with E-state index in [4.69, 9.17) is 4.74 Å². The van der Waals surface area contributed by atoms with Gasteiger partial charge in [0.15, 0.2) is 0 Å². The van der Waals surface area contributed by atoms with Gasteiger partial charge >= 0.3 is 0 Å². The van der Waals surface area contributed by atoms with Gasteiger partial charge in [0.1, 0.15) is 5.75 Å². The van der Waals surface area contributed by atoms with Crippen LogP contribution in [-0.2, 0) is 0 Å². The summed E-state index contributed by atoms with van der Waals surface area (Å²) in [6.45, 7) is 0. The van der Waals surface area contributed by atoms with Crippen LogP contribution in [0.1, 0.15) is 0 Å². The van der Waals surface area contributed by atoms with E-state index in [1.165, 1.54) is 43.5 Å². The summed E-state index contributed by atoms with van der Waals surface area (Å²) < 4.78 is 4.94. The molecule has 0 atom stereocenters. The zero-order valence-electron chi connectivity index (χ0n) is 10.5. The molecule has 2 rings (SSSR count). The minimum absolute atomic E-state index is 0.180. The number of benzene rings is 2. The molecule has 0 fully saturated rings. The van der Waals surface area contributed by atoms with E-state index in [2.05, 4.69) is 0 Å². The summed E-state index contributed by atoms with van der Waals surface area (Å²) in [4.78, 5) is 21.0. The SMILES string of the molecule is COc1ccc(-c2ccccc2[N+](=O)[O-])c([N+](=O)[O-])c1. The van der Waals surface area contributed by atoms with Gasteiger partial charge in [0.25, 0.3) is 11.4 Å². The molecule has 0 N–H and O–H groups in total. The van der Waals surface area contributed by atoms with Crippen LogP contribution in [0.25, 0.3) is 11.1 Å². The highest BCUT2D eigenvalue weighted by molar-refractivity contribution is 5.81. The molecule has 102 valence electrons. The fraction of sp³-hybridized carbons (Fsp3) is 0.0769. The maximum Gasteiger partial charge on any atom is 0.281 e. The van der Waals surface area contributed by atoms with Gasteiger partial charge in [-0.05, 0) is 18.2 Å². The van der Waals surface area contributed by atoms with Crippen molar-refractivity contribution in [1.29, 1.82) is 0 Å². The Balaban J connectivity index is 2.70. The maximum absolute atomic E-state index is 11.1. The van der Waals surface area contributed by atoms with E-state index in [1.807, 2.05) is 0 Å². The van der Waals surface area contributed by atoms with Crippen molar-refractivity contribution in [1.82, 2.24) is 0 Å². The lowest BCUT2D eigenvalue weighted by Crippen LogP contribution is -1.96. The van der Waals surface area contributed by atoms with Crippen LogP contribution in [0.2, 0.25) is 0 Å². The summed E-state index contributed by atoms with van der Waals surface area (Å²) in [5.74, 6) is 0.319. The largest absolute Gasteiger partial charge is 0.497 e. The molecule has 0 aliphatic heterocycles. The van der Waals surface area contributed by atoms with Crippen molar-refractivity contribution in [3.8, 4) is 16.9 Å².